The summed E-state index contributed by atoms with van der Waals surface area (Å²) < 4.78 is 25.7. The van der Waals surface area contributed by atoms with Gasteiger partial charge < -0.3 is 5.32 Å². The van der Waals surface area contributed by atoms with Crippen molar-refractivity contribution in [3.8, 4) is 0 Å². The third-order valence-electron chi connectivity index (χ3n) is 5.31. The Balaban J connectivity index is 1.60. The molecular weight excluding hydrogens is 422 g/mol. The number of benzene rings is 2. The van der Waals surface area contributed by atoms with Crippen LogP contribution in [0.5, 0.6) is 0 Å². The van der Waals surface area contributed by atoms with Crippen LogP contribution in [0.4, 0.5) is 5.69 Å². The van der Waals surface area contributed by atoms with E-state index in [1.165, 1.54) is 18.4 Å². The minimum Gasteiger partial charge on any atom is -0.350 e. The molecule has 0 aliphatic carbocycles. The Morgan fingerprint density at radius 3 is 2.37 bits per heavy atom. The zero-order chi connectivity index (χ0) is 21.7. The van der Waals surface area contributed by atoms with Crippen LogP contribution < -0.4 is 9.62 Å². The Labute approximate surface area is 183 Å². The second-order valence-corrected chi connectivity index (χ2v) is 10.0. The first kappa shape index (κ1) is 22.6. The fourth-order valence-electron chi connectivity index (χ4n) is 3.60. The summed E-state index contributed by atoms with van der Waals surface area (Å²) in [6.07, 6.45) is 3.62. The lowest BCUT2D eigenvalue weighted by atomic mass is 10.1. The summed E-state index contributed by atoms with van der Waals surface area (Å²) in [7, 11) is -3.64. The number of anilines is 1. The zero-order valence-corrected chi connectivity index (χ0v) is 19.0. The average Bonchev–Trinajstić information content (AvgIpc) is 3.20. The number of amides is 1. The number of sulfonamides is 1. The maximum Gasteiger partial charge on any atom is 0.241 e. The standard InChI is InChI=1S/C22H28ClN3O3S/c1-17-20(23)6-5-7-21(17)26(30(2,28)29)16-22(27)24-14-18-8-10-19(11-9-18)15-25-12-3-4-13-25/h5-11H,3-4,12-16H2,1-2H3,(H,24,27). The molecule has 2 aromatic carbocycles. The Morgan fingerprint density at radius 2 is 1.73 bits per heavy atom. The van der Waals surface area contributed by atoms with Crippen LogP contribution in [0.3, 0.4) is 0 Å². The third-order valence-corrected chi connectivity index (χ3v) is 6.85. The highest BCUT2D eigenvalue weighted by atomic mass is 35.5. The van der Waals surface area contributed by atoms with E-state index >= 15 is 0 Å². The molecule has 1 saturated heterocycles. The molecule has 0 atom stereocenters. The predicted molar refractivity (Wildman–Crippen MR) is 121 cm³/mol. The molecule has 2 aromatic rings. The lowest BCUT2D eigenvalue weighted by molar-refractivity contribution is -0.119. The van der Waals surface area contributed by atoms with E-state index in [0.29, 0.717) is 22.8 Å². The fourth-order valence-corrected chi connectivity index (χ4v) is 4.67. The van der Waals surface area contributed by atoms with Gasteiger partial charge in [0, 0.05) is 18.1 Å². The van der Waals surface area contributed by atoms with E-state index in [1.54, 1.807) is 25.1 Å². The fraction of sp³-hybridized carbons (Fsp3) is 0.409. The van der Waals surface area contributed by atoms with Gasteiger partial charge in [0.25, 0.3) is 0 Å². The van der Waals surface area contributed by atoms with E-state index in [9.17, 15) is 13.2 Å². The SMILES string of the molecule is Cc1c(Cl)cccc1N(CC(=O)NCc1ccc(CN2CCCC2)cc1)S(C)(=O)=O. The van der Waals surface area contributed by atoms with Gasteiger partial charge in [-0.15, -0.1) is 0 Å². The van der Waals surface area contributed by atoms with Crippen LogP contribution in [-0.2, 0) is 27.9 Å². The molecule has 0 unspecified atom stereocenters. The molecule has 0 bridgehead atoms. The number of nitrogens with one attached hydrogen (secondary N) is 1. The molecule has 1 amide bonds. The molecule has 0 saturated carbocycles. The van der Waals surface area contributed by atoms with Gasteiger partial charge in [0.15, 0.2) is 0 Å². The van der Waals surface area contributed by atoms with Crippen molar-refractivity contribution in [3.63, 3.8) is 0 Å². The summed E-state index contributed by atoms with van der Waals surface area (Å²) in [6, 6.07) is 13.2. The number of hydrogen-bond donors (Lipinski definition) is 1. The second kappa shape index (κ2) is 9.81. The van der Waals surface area contributed by atoms with Gasteiger partial charge in [-0.05, 0) is 61.7 Å². The molecule has 0 aromatic heterocycles. The number of rotatable bonds is 8. The summed E-state index contributed by atoms with van der Waals surface area (Å²) >= 11 is 6.13. The number of halogens is 1. The molecule has 0 radical (unpaired) electrons. The molecule has 1 fully saturated rings. The summed E-state index contributed by atoms with van der Waals surface area (Å²) in [6.45, 7) is 5.04. The molecular formula is C22H28ClN3O3S. The normalized spacial score (nSPS) is 14.6. The van der Waals surface area contributed by atoms with Crippen molar-refractivity contribution < 1.29 is 13.2 Å². The van der Waals surface area contributed by atoms with E-state index in [4.69, 9.17) is 11.6 Å². The Morgan fingerprint density at radius 1 is 1.10 bits per heavy atom. The van der Waals surface area contributed by atoms with Crippen molar-refractivity contribution in [1.82, 2.24) is 10.2 Å². The quantitative estimate of drug-likeness (QED) is 0.671. The Hall–Kier alpha value is -2.09. The van der Waals surface area contributed by atoms with Gasteiger partial charge in [-0.25, -0.2) is 8.42 Å². The summed E-state index contributed by atoms with van der Waals surface area (Å²) in [4.78, 5) is 14.9. The molecule has 1 N–H and O–H groups in total. The van der Waals surface area contributed by atoms with Gasteiger partial charge in [0.1, 0.15) is 6.54 Å². The third kappa shape index (κ3) is 5.97. The van der Waals surface area contributed by atoms with Gasteiger partial charge in [0.2, 0.25) is 15.9 Å². The van der Waals surface area contributed by atoms with Gasteiger partial charge in [-0.3, -0.25) is 14.0 Å². The first-order valence-corrected chi connectivity index (χ1v) is 12.3. The first-order valence-electron chi connectivity index (χ1n) is 10.0. The van der Waals surface area contributed by atoms with Gasteiger partial charge in [-0.1, -0.05) is 41.9 Å². The second-order valence-electron chi connectivity index (χ2n) is 7.73. The van der Waals surface area contributed by atoms with Crippen molar-refractivity contribution in [2.45, 2.75) is 32.9 Å². The molecule has 8 heteroatoms. The topological polar surface area (TPSA) is 69.7 Å². The van der Waals surface area contributed by atoms with Crippen LogP contribution >= 0.6 is 11.6 Å². The lowest BCUT2D eigenvalue weighted by Gasteiger charge is -2.24. The van der Waals surface area contributed by atoms with Crippen LogP contribution in [-0.4, -0.2) is 45.1 Å². The van der Waals surface area contributed by atoms with Crippen LogP contribution in [0.25, 0.3) is 0 Å². The van der Waals surface area contributed by atoms with Crippen molar-refractivity contribution in [1.29, 1.82) is 0 Å². The maximum absolute atomic E-state index is 12.5. The number of likely N-dealkylation sites (tertiary alicyclic amines) is 1. The Kier molecular flexibility index (Phi) is 7.39. The number of hydrogen-bond acceptors (Lipinski definition) is 4. The predicted octanol–water partition coefficient (Wildman–Crippen LogP) is 3.33. The lowest BCUT2D eigenvalue weighted by Crippen LogP contribution is -2.40. The molecule has 6 nitrogen and oxygen atoms in total. The van der Waals surface area contributed by atoms with E-state index in [-0.39, 0.29) is 12.5 Å². The number of nitrogens with zero attached hydrogens (tertiary/aromatic N) is 2. The smallest absolute Gasteiger partial charge is 0.241 e. The van der Waals surface area contributed by atoms with E-state index in [2.05, 4.69) is 22.3 Å². The molecule has 1 aliphatic rings. The molecule has 1 aliphatic heterocycles. The van der Waals surface area contributed by atoms with Crippen molar-refractivity contribution in [2.24, 2.45) is 0 Å². The van der Waals surface area contributed by atoms with Gasteiger partial charge in [0.05, 0.1) is 11.9 Å². The number of carbonyl (C=O) groups excluding carboxylic acids is 1. The highest BCUT2D eigenvalue weighted by Gasteiger charge is 2.23. The van der Waals surface area contributed by atoms with Gasteiger partial charge >= 0.3 is 0 Å². The highest BCUT2D eigenvalue weighted by Crippen LogP contribution is 2.28. The average molecular weight is 450 g/mol. The van der Waals surface area contributed by atoms with Crippen LogP contribution in [0.2, 0.25) is 5.02 Å². The minimum absolute atomic E-state index is 0.299. The van der Waals surface area contributed by atoms with E-state index in [1.807, 2.05) is 12.1 Å². The molecule has 0 spiro atoms. The van der Waals surface area contributed by atoms with Gasteiger partial charge in [-0.2, -0.15) is 0 Å². The molecule has 30 heavy (non-hydrogen) atoms. The maximum atomic E-state index is 12.5. The van der Waals surface area contributed by atoms with Crippen LogP contribution in [0.15, 0.2) is 42.5 Å². The molecule has 3 rings (SSSR count). The van der Waals surface area contributed by atoms with E-state index < -0.39 is 10.0 Å². The first-order chi connectivity index (χ1) is 14.2. The summed E-state index contributed by atoms with van der Waals surface area (Å²) in [5.74, 6) is -0.374. The minimum atomic E-state index is -3.64. The van der Waals surface area contributed by atoms with Crippen LogP contribution in [0.1, 0.15) is 29.5 Å². The largest absolute Gasteiger partial charge is 0.350 e. The summed E-state index contributed by atoms with van der Waals surface area (Å²) in [5, 5.41) is 3.26. The highest BCUT2D eigenvalue weighted by molar-refractivity contribution is 7.92. The summed E-state index contributed by atoms with van der Waals surface area (Å²) in [5.41, 5.74) is 3.25. The van der Waals surface area contributed by atoms with Crippen LogP contribution in [0, 0.1) is 6.92 Å². The van der Waals surface area contributed by atoms with Crippen molar-refractivity contribution in [3.05, 3.63) is 64.2 Å². The number of carbonyl (C=O) groups is 1. The van der Waals surface area contributed by atoms with Crippen molar-refractivity contribution >= 4 is 33.2 Å². The molecule has 1 heterocycles. The monoisotopic (exact) mass is 449 g/mol. The van der Waals surface area contributed by atoms with Crippen molar-refractivity contribution in [2.75, 3.05) is 30.2 Å². The zero-order valence-electron chi connectivity index (χ0n) is 17.4. The molecule has 162 valence electrons. The Bertz CT molecular complexity index is 987. The van der Waals surface area contributed by atoms with E-state index in [0.717, 1.165) is 35.8 Å².